The summed E-state index contributed by atoms with van der Waals surface area (Å²) < 4.78 is 1.74. The third-order valence-corrected chi connectivity index (χ3v) is 3.69. The van der Waals surface area contributed by atoms with Gasteiger partial charge in [-0.15, -0.1) is 0 Å². The minimum absolute atomic E-state index is 0.0304. The molecule has 0 radical (unpaired) electrons. The van der Waals surface area contributed by atoms with Gasteiger partial charge in [-0.2, -0.15) is 5.10 Å². The van der Waals surface area contributed by atoms with Gasteiger partial charge in [0.15, 0.2) is 0 Å². The third-order valence-electron chi connectivity index (χ3n) is 3.69. The zero-order chi connectivity index (χ0) is 17.0. The topological polar surface area (TPSA) is 84.2 Å². The molecule has 1 aromatic heterocycles. The van der Waals surface area contributed by atoms with Crippen LogP contribution in [-0.2, 0) is 4.79 Å². The molecule has 6 heteroatoms. The van der Waals surface area contributed by atoms with Crippen LogP contribution in [0.5, 0.6) is 0 Å². The SMILES string of the molecule is Cc1nn(-c2ccccc2)c(C)c1C(=O)NC(C)CCC(=O)O. The number of carboxylic acid groups (broad SMARTS) is 1. The van der Waals surface area contributed by atoms with Gasteiger partial charge in [0, 0.05) is 12.5 Å². The molecule has 0 spiro atoms. The van der Waals surface area contributed by atoms with Crippen LogP contribution < -0.4 is 5.32 Å². The number of amides is 1. The first-order chi connectivity index (χ1) is 10.9. The number of benzene rings is 1. The van der Waals surface area contributed by atoms with E-state index in [2.05, 4.69) is 10.4 Å². The average Bonchev–Trinajstić information content (AvgIpc) is 2.81. The van der Waals surface area contributed by atoms with Crippen LogP contribution in [0.15, 0.2) is 30.3 Å². The Bertz CT molecular complexity index is 707. The van der Waals surface area contributed by atoms with Crippen LogP contribution in [0, 0.1) is 13.8 Å². The van der Waals surface area contributed by atoms with Crippen molar-refractivity contribution in [3.63, 3.8) is 0 Å². The van der Waals surface area contributed by atoms with Gasteiger partial charge in [-0.3, -0.25) is 9.59 Å². The number of carboxylic acids is 1. The molecule has 0 aliphatic heterocycles. The van der Waals surface area contributed by atoms with E-state index < -0.39 is 5.97 Å². The van der Waals surface area contributed by atoms with Crippen molar-refractivity contribution < 1.29 is 14.7 Å². The van der Waals surface area contributed by atoms with Crippen molar-refractivity contribution >= 4 is 11.9 Å². The van der Waals surface area contributed by atoms with Gasteiger partial charge in [0.1, 0.15) is 0 Å². The minimum atomic E-state index is -0.865. The van der Waals surface area contributed by atoms with Gasteiger partial charge in [0.05, 0.1) is 22.6 Å². The lowest BCUT2D eigenvalue weighted by Crippen LogP contribution is -2.33. The number of carbonyl (C=O) groups excluding carboxylic acids is 1. The standard InChI is InChI=1S/C17H21N3O3/c1-11(9-10-15(21)22)18-17(23)16-12(2)19-20(13(16)3)14-7-5-4-6-8-14/h4-8,11H,9-10H2,1-3H3,(H,18,23)(H,21,22). The molecule has 0 fully saturated rings. The van der Waals surface area contributed by atoms with Gasteiger partial charge in [-0.1, -0.05) is 18.2 Å². The number of nitrogens with one attached hydrogen (secondary N) is 1. The summed E-state index contributed by atoms with van der Waals surface area (Å²) in [6, 6.07) is 9.40. The van der Waals surface area contributed by atoms with E-state index >= 15 is 0 Å². The van der Waals surface area contributed by atoms with Gasteiger partial charge in [0.25, 0.3) is 5.91 Å². The zero-order valence-corrected chi connectivity index (χ0v) is 13.5. The Kier molecular flexibility index (Phi) is 5.16. The van der Waals surface area contributed by atoms with Crippen molar-refractivity contribution in [1.29, 1.82) is 0 Å². The summed E-state index contributed by atoms with van der Waals surface area (Å²) in [6.07, 6.45) is 0.425. The first-order valence-electron chi connectivity index (χ1n) is 7.54. The Morgan fingerprint density at radius 1 is 1.26 bits per heavy atom. The van der Waals surface area contributed by atoms with Crippen LogP contribution in [0.2, 0.25) is 0 Å². The largest absolute Gasteiger partial charge is 0.481 e. The number of carbonyl (C=O) groups is 2. The Balaban J connectivity index is 2.18. The molecule has 1 aromatic carbocycles. The minimum Gasteiger partial charge on any atom is -0.481 e. The highest BCUT2D eigenvalue weighted by Crippen LogP contribution is 2.18. The summed E-state index contributed by atoms with van der Waals surface area (Å²) in [4.78, 5) is 23.1. The van der Waals surface area contributed by atoms with E-state index in [1.165, 1.54) is 0 Å². The first kappa shape index (κ1) is 16.7. The molecule has 2 rings (SSSR count). The normalized spacial score (nSPS) is 12.0. The van der Waals surface area contributed by atoms with E-state index in [1.54, 1.807) is 18.5 Å². The summed E-state index contributed by atoms with van der Waals surface area (Å²) in [7, 11) is 0. The van der Waals surface area contributed by atoms with Crippen LogP contribution in [0.4, 0.5) is 0 Å². The summed E-state index contributed by atoms with van der Waals surface area (Å²) in [5.41, 5.74) is 2.84. The molecule has 1 amide bonds. The van der Waals surface area contributed by atoms with Gasteiger partial charge >= 0.3 is 5.97 Å². The number of aromatic nitrogens is 2. The highest BCUT2D eigenvalue weighted by molar-refractivity contribution is 5.96. The first-order valence-corrected chi connectivity index (χ1v) is 7.54. The third kappa shape index (κ3) is 3.97. The van der Waals surface area contributed by atoms with Crippen LogP contribution in [0.3, 0.4) is 0 Å². The molecule has 23 heavy (non-hydrogen) atoms. The lowest BCUT2D eigenvalue weighted by Gasteiger charge is -2.13. The van der Waals surface area contributed by atoms with E-state index in [-0.39, 0.29) is 18.4 Å². The van der Waals surface area contributed by atoms with E-state index in [4.69, 9.17) is 5.11 Å². The van der Waals surface area contributed by atoms with Crippen molar-refractivity contribution in [2.24, 2.45) is 0 Å². The maximum Gasteiger partial charge on any atom is 0.303 e. The van der Waals surface area contributed by atoms with E-state index in [9.17, 15) is 9.59 Å². The predicted octanol–water partition coefficient (Wildman–Crippen LogP) is 2.47. The van der Waals surface area contributed by atoms with Crippen LogP contribution in [-0.4, -0.2) is 32.8 Å². The number of para-hydroxylation sites is 1. The molecule has 1 atom stereocenters. The maximum absolute atomic E-state index is 12.5. The van der Waals surface area contributed by atoms with E-state index in [1.807, 2.05) is 37.3 Å². The molecule has 122 valence electrons. The second-order valence-electron chi connectivity index (χ2n) is 5.60. The molecule has 6 nitrogen and oxygen atoms in total. The molecule has 0 aliphatic carbocycles. The highest BCUT2D eigenvalue weighted by Gasteiger charge is 2.20. The van der Waals surface area contributed by atoms with Crippen molar-refractivity contribution in [3.8, 4) is 5.69 Å². The van der Waals surface area contributed by atoms with Crippen LogP contribution >= 0.6 is 0 Å². The molecule has 2 N–H and O–H groups in total. The van der Waals surface area contributed by atoms with Crippen LogP contribution in [0.1, 0.15) is 41.5 Å². The summed E-state index contributed by atoms with van der Waals surface area (Å²) >= 11 is 0. The summed E-state index contributed by atoms with van der Waals surface area (Å²) in [5.74, 6) is -1.09. The Hall–Kier alpha value is -2.63. The van der Waals surface area contributed by atoms with E-state index in [0.717, 1.165) is 11.4 Å². The molecule has 1 heterocycles. The molecule has 0 saturated carbocycles. The number of hydrogen-bond donors (Lipinski definition) is 2. The smallest absolute Gasteiger partial charge is 0.303 e. The lowest BCUT2D eigenvalue weighted by molar-refractivity contribution is -0.137. The molecule has 0 aliphatic rings. The molecule has 0 saturated heterocycles. The van der Waals surface area contributed by atoms with Crippen molar-refractivity contribution in [1.82, 2.24) is 15.1 Å². The number of aryl methyl sites for hydroxylation is 1. The number of rotatable bonds is 6. The van der Waals surface area contributed by atoms with Crippen molar-refractivity contribution in [3.05, 3.63) is 47.3 Å². The van der Waals surface area contributed by atoms with Gasteiger partial charge in [0.2, 0.25) is 0 Å². The second-order valence-corrected chi connectivity index (χ2v) is 5.60. The van der Waals surface area contributed by atoms with Crippen molar-refractivity contribution in [2.45, 2.75) is 39.7 Å². The lowest BCUT2D eigenvalue weighted by atomic mass is 10.1. The second kappa shape index (κ2) is 7.09. The molecule has 0 bridgehead atoms. The van der Waals surface area contributed by atoms with E-state index in [0.29, 0.717) is 17.7 Å². The van der Waals surface area contributed by atoms with Gasteiger partial charge in [-0.25, -0.2) is 4.68 Å². The van der Waals surface area contributed by atoms with Gasteiger partial charge < -0.3 is 10.4 Å². The highest BCUT2D eigenvalue weighted by atomic mass is 16.4. The molecule has 1 unspecified atom stereocenters. The fourth-order valence-corrected chi connectivity index (χ4v) is 2.50. The van der Waals surface area contributed by atoms with Gasteiger partial charge in [-0.05, 0) is 39.3 Å². The maximum atomic E-state index is 12.5. The zero-order valence-electron chi connectivity index (χ0n) is 13.5. The summed E-state index contributed by atoms with van der Waals surface area (Å²) in [6.45, 7) is 5.44. The average molecular weight is 315 g/mol. The monoisotopic (exact) mass is 315 g/mol. The Morgan fingerprint density at radius 2 is 1.91 bits per heavy atom. The summed E-state index contributed by atoms with van der Waals surface area (Å²) in [5, 5.41) is 16.0. The number of aliphatic carboxylic acids is 1. The Labute approximate surface area is 135 Å². The van der Waals surface area contributed by atoms with Crippen molar-refractivity contribution in [2.75, 3.05) is 0 Å². The fraction of sp³-hybridized carbons (Fsp3) is 0.353. The molecular formula is C17H21N3O3. The van der Waals surface area contributed by atoms with Crippen LogP contribution in [0.25, 0.3) is 5.69 Å². The quantitative estimate of drug-likeness (QED) is 0.857. The molecule has 2 aromatic rings. The Morgan fingerprint density at radius 3 is 2.52 bits per heavy atom. The predicted molar refractivity (Wildman–Crippen MR) is 86.8 cm³/mol. The fourth-order valence-electron chi connectivity index (χ4n) is 2.50. The molecular weight excluding hydrogens is 294 g/mol. The number of hydrogen-bond acceptors (Lipinski definition) is 3. The number of nitrogens with zero attached hydrogens (tertiary/aromatic N) is 2.